The highest BCUT2D eigenvalue weighted by Gasteiger charge is 2.24. The molecular weight excluding hydrogens is 350 g/mol. The van der Waals surface area contributed by atoms with Gasteiger partial charge in [0.15, 0.2) is 12.4 Å². The molecule has 2 aromatic rings. The summed E-state index contributed by atoms with van der Waals surface area (Å²) in [6.07, 6.45) is 6.17. The number of aryl methyl sites for hydroxylation is 1. The van der Waals surface area contributed by atoms with Crippen LogP contribution in [0.25, 0.3) is 11.1 Å². The lowest BCUT2D eigenvalue weighted by molar-refractivity contribution is -0.146. The molecule has 1 saturated carbocycles. The van der Waals surface area contributed by atoms with Gasteiger partial charge in [0.25, 0.3) is 0 Å². The fraction of sp³-hybridized carbons (Fsp3) is 0.579. The Kier molecular flexibility index (Phi) is 5.93. The van der Waals surface area contributed by atoms with Crippen molar-refractivity contribution in [2.75, 3.05) is 12.3 Å². The molecule has 0 aliphatic heterocycles. The Morgan fingerprint density at radius 3 is 2.63 bits per heavy atom. The standard InChI is InChI=1S/C19H25N3O5/c1-3-25-19(24)15-11(2)27-18-16(15)17(20)21-13(22-18)10-26-14(23)9-12-7-5-4-6-8-12/h12H,3-10H2,1-2H3,(H2,20,21,22). The number of anilines is 1. The van der Waals surface area contributed by atoms with Crippen LogP contribution < -0.4 is 5.73 Å². The predicted octanol–water partition coefficient (Wildman–Crippen LogP) is 3.30. The molecular formula is C19H25N3O5. The van der Waals surface area contributed by atoms with Crippen LogP contribution in [0.1, 0.15) is 67.4 Å². The van der Waals surface area contributed by atoms with E-state index in [0.717, 1.165) is 12.8 Å². The number of nitrogens with zero attached hydrogens (tertiary/aromatic N) is 2. The van der Waals surface area contributed by atoms with E-state index in [1.165, 1.54) is 19.3 Å². The van der Waals surface area contributed by atoms with Crippen LogP contribution in [0, 0.1) is 12.8 Å². The Labute approximate surface area is 157 Å². The number of furan rings is 1. The van der Waals surface area contributed by atoms with Gasteiger partial charge in [-0.2, -0.15) is 4.98 Å². The maximum absolute atomic E-state index is 12.1. The van der Waals surface area contributed by atoms with E-state index >= 15 is 0 Å². The Bertz CT molecular complexity index is 839. The van der Waals surface area contributed by atoms with Crippen molar-refractivity contribution in [3.8, 4) is 0 Å². The minimum Gasteiger partial charge on any atom is -0.462 e. The van der Waals surface area contributed by atoms with E-state index in [1.54, 1.807) is 13.8 Å². The van der Waals surface area contributed by atoms with E-state index in [9.17, 15) is 9.59 Å². The summed E-state index contributed by atoms with van der Waals surface area (Å²) in [6, 6.07) is 0. The van der Waals surface area contributed by atoms with E-state index in [-0.39, 0.29) is 42.1 Å². The molecule has 1 aliphatic rings. The van der Waals surface area contributed by atoms with Crippen LogP contribution in [-0.4, -0.2) is 28.5 Å². The first-order valence-corrected chi connectivity index (χ1v) is 9.37. The zero-order chi connectivity index (χ0) is 19.4. The Morgan fingerprint density at radius 1 is 1.19 bits per heavy atom. The Balaban J connectivity index is 1.71. The van der Waals surface area contributed by atoms with Crippen molar-refractivity contribution in [3.63, 3.8) is 0 Å². The molecule has 1 aliphatic carbocycles. The Hall–Kier alpha value is -2.64. The van der Waals surface area contributed by atoms with E-state index in [0.29, 0.717) is 23.5 Å². The number of fused-ring (bicyclic) bond motifs is 1. The normalized spacial score (nSPS) is 15.0. The van der Waals surface area contributed by atoms with Gasteiger partial charge < -0.3 is 19.6 Å². The van der Waals surface area contributed by atoms with E-state index < -0.39 is 5.97 Å². The summed E-state index contributed by atoms with van der Waals surface area (Å²) in [5.41, 5.74) is 6.41. The van der Waals surface area contributed by atoms with Gasteiger partial charge in [-0.15, -0.1) is 0 Å². The third kappa shape index (κ3) is 4.37. The summed E-state index contributed by atoms with van der Waals surface area (Å²) in [5.74, 6) is 0.303. The lowest BCUT2D eigenvalue weighted by Gasteiger charge is -2.20. The number of carbonyl (C=O) groups is 2. The fourth-order valence-electron chi connectivity index (χ4n) is 3.53. The lowest BCUT2D eigenvalue weighted by atomic mass is 9.87. The van der Waals surface area contributed by atoms with Crippen LogP contribution in [0.5, 0.6) is 0 Å². The fourth-order valence-corrected chi connectivity index (χ4v) is 3.53. The number of hydrogen-bond acceptors (Lipinski definition) is 8. The molecule has 27 heavy (non-hydrogen) atoms. The number of nitrogen functional groups attached to an aromatic ring is 1. The molecule has 0 amide bonds. The summed E-state index contributed by atoms with van der Waals surface area (Å²) in [6.45, 7) is 3.51. The van der Waals surface area contributed by atoms with Crippen molar-refractivity contribution in [3.05, 3.63) is 17.1 Å². The number of hydrogen-bond donors (Lipinski definition) is 1. The van der Waals surface area contributed by atoms with Gasteiger partial charge in [0.2, 0.25) is 5.71 Å². The minimum absolute atomic E-state index is 0.0832. The van der Waals surface area contributed by atoms with Crippen LogP contribution >= 0.6 is 0 Å². The summed E-state index contributed by atoms with van der Waals surface area (Å²) >= 11 is 0. The third-order valence-electron chi connectivity index (χ3n) is 4.82. The topological polar surface area (TPSA) is 118 Å². The molecule has 8 heteroatoms. The molecule has 1 fully saturated rings. The van der Waals surface area contributed by atoms with Gasteiger partial charge in [-0.25, -0.2) is 9.78 Å². The van der Waals surface area contributed by atoms with Crippen LogP contribution in [0.3, 0.4) is 0 Å². The van der Waals surface area contributed by atoms with Crippen molar-refractivity contribution >= 4 is 28.9 Å². The zero-order valence-electron chi connectivity index (χ0n) is 15.7. The highest BCUT2D eigenvalue weighted by Crippen LogP contribution is 2.29. The number of carbonyl (C=O) groups excluding carboxylic acids is 2. The zero-order valence-corrected chi connectivity index (χ0v) is 15.7. The van der Waals surface area contributed by atoms with Gasteiger partial charge >= 0.3 is 11.9 Å². The van der Waals surface area contributed by atoms with Crippen LogP contribution in [0.4, 0.5) is 5.82 Å². The lowest BCUT2D eigenvalue weighted by Crippen LogP contribution is -2.15. The first-order valence-electron chi connectivity index (χ1n) is 9.37. The van der Waals surface area contributed by atoms with Gasteiger partial charge in [0.05, 0.1) is 12.0 Å². The molecule has 0 bridgehead atoms. The third-order valence-corrected chi connectivity index (χ3v) is 4.82. The van der Waals surface area contributed by atoms with E-state index in [1.807, 2.05) is 0 Å². The van der Waals surface area contributed by atoms with Crippen molar-refractivity contribution in [2.45, 2.75) is 59.0 Å². The minimum atomic E-state index is -0.532. The van der Waals surface area contributed by atoms with Crippen LogP contribution in [0.2, 0.25) is 0 Å². The highest BCUT2D eigenvalue weighted by molar-refractivity contribution is 6.07. The van der Waals surface area contributed by atoms with Crippen LogP contribution in [-0.2, 0) is 20.9 Å². The quantitative estimate of drug-likeness (QED) is 0.764. The second kappa shape index (κ2) is 8.37. The molecule has 2 heterocycles. The summed E-state index contributed by atoms with van der Waals surface area (Å²) in [7, 11) is 0. The summed E-state index contributed by atoms with van der Waals surface area (Å²) < 4.78 is 15.9. The van der Waals surface area contributed by atoms with Crippen molar-refractivity contribution in [1.29, 1.82) is 0 Å². The maximum atomic E-state index is 12.1. The first-order chi connectivity index (χ1) is 13.0. The molecule has 0 atom stereocenters. The number of aromatic nitrogens is 2. The van der Waals surface area contributed by atoms with Crippen molar-refractivity contribution in [1.82, 2.24) is 9.97 Å². The molecule has 2 aromatic heterocycles. The van der Waals surface area contributed by atoms with Gasteiger partial charge in [-0.05, 0) is 32.6 Å². The number of rotatable bonds is 6. The van der Waals surface area contributed by atoms with Crippen molar-refractivity contribution < 1.29 is 23.5 Å². The monoisotopic (exact) mass is 375 g/mol. The molecule has 0 aromatic carbocycles. The van der Waals surface area contributed by atoms with Crippen molar-refractivity contribution in [2.24, 2.45) is 5.92 Å². The molecule has 0 spiro atoms. The van der Waals surface area contributed by atoms with E-state index in [2.05, 4.69) is 9.97 Å². The van der Waals surface area contributed by atoms with E-state index in [4.69, 9.17) is 19.6 Å². The van der Waals surface area contributed by atoms with Gasteiger partial charge in [0, 0.05) is 6.42 Å². The molecule has 146 valence electrons. The van der Waals surface area contributed by atoms with Gasteiger partial charge in [-0.1, -0.05) is 19.3 Å². The molecule has 2 N–H and O–H groups in total. The smallest absolute Gasteiger partial charge is 0.342 e. The predicted molar refractivity (Wildman–Crippen MR) is 97.9 cm³/mol. The molecule has 3 rings (SSSR count). The first kappa shape index (κ1) is 19.1. The largest absolute Gasteiger partial charge is 0.462 e. The SMILES string of the molecule is CCOC(=O)c1c(C)oc2nc(COC(=O)CC3CCCCC3)nc(N)c12. The van der Waals surface area contributed by atoms with Gasteiger partial charge in [-0.3, -0.25) is 4.79 Å². The summed E-state index contributed by atoms with van der Waals surface area (Å²) in [5, 5.41) is 0.322. The molecule has 8 nitrogen and oxygen atoms in total. The Morgan fingerprint density at radius 2 is 1.93 bits per heavy atom. The average Bonchev–Trinajstić information content (AvgIpc) is 2.97. The number of ether oxygens (including phenoxy) is 2. The number of esters is 2. The van der Waals surface area contributed by atoms with Crippen LogP contribution in [0.15, 0.2) is 4.42 Å². The maximum Gasteiger partial charge on any atom is 0.342 e. The molecule has 0 unspecified atom stereocenters. The molecule has 0 radical (unpaired) electrons. The average molecular weight is 375 g/mol. The highest BCUT2D eigenvalue weighted by atomic mass is 16.5. The van der Waals surface area contributed by atoms with Gasteiger partial charge in [0.1, 0.15) is 17.1 Å². The molecule has 0 saturated heterocycles. The second-order valence-electron chi connectivity index (χ2n) is 6.83. The second-order valence-corrected chi connectivity index (χ2v) is 6.83. The number of nitrogens with two attached hydrogens (primary N) is 1. The summed E-state index contributed by atoms with van der Waals surface area (Å²) in [4.78, 5) is 32.6.